The maximum atomic E-state index is 12.0. The van der Waals surface area contributed by atoms with E-state index in [2.05, 4.69) is 4.74 Å². The van der Waals surface area contributed by atoms with E-state index in [1.807, 2.05) is 0 Å². The van der Waals surface area contributed by atoms with Crippen LogP contribution in [0, 0.1) is 11.3 Å². The predicted molar refractivity (Wildman–Crippen MR) is 59.2 cm³/mol. The highest BCUT2D eigenvalue weighted by Gasteiger charge is 2.28. The van der Waals surface area contributed by atoms with Crippen molar-refractivity contribution in [3.63, 3.8) is 0 Å². The van der Waals surface area contributed by atoms with Gasteiger partial charge in [-0.1, -0.05) is 18.2 Å². The Hall–Kier alpha value is -2.49. The summed E-state index contributed by atoms with van der Waals surface area (Å²) in [5.41, 5.74) is -0.506. The number of aliphatic carboxylic acids is 1. The van der Waals surface area contributed by atoms with E-state index >= 15 is 0 Å². The number of hydrogen-bond acceptors (Lipinski definition) is 3. The first-order valence-electron chi connectivity index (χ1n) is 4.97. The van der Waals surface area contributed by atoms with Crippen molar-refractivity contribution in [1.29, 1.82) is 5.26 Å². The summed E-state index contributed by atoms with van der Waals surface area (Å²) in [6.07, 6.45) is -3.55. The Labute approximate surface area is 106 Å². The molecule has 0 aliphatic rings. The van der Waals surface area contributed by atoms with Crippen molar-refractivity contribution >= 4 is 12.0 Å². The van der Waals surface area contributed by atoms with Crippen molar-refractivity contribution in [3.05, 3.63) is 35.4 Å². The predicted octanol–water partition coefficient (Wildman–Crippen LogP) is 2.62. The number of carbonyl (C=O) groups is 1. The van der Waals surface area contributed by atoms with Gasteiger partial charge in [0.2, 0.25) is 0 Å². The molecule has 0 fully saturated rings. The minimum atomic E-state index is -4.50. The van der Waals surface area contributed by atoms with E-state index in [9.17, 15) is 18.0 Å². The zero-order valence-corrected chi connectivity index (χ0v) is 9.44. The Bertz CT molecular complexity index is 544. The number of nitriles is 1. The van der Waals surface area contributed by atoms with Crippen molar-refractivity contribution in [3.8, 4) is 11.8 Å². The molecular formula is C12H8F3NO3. The van der Waals surface area contributed by atoms with E-state index in [0.29, 0.717) is 0 Å². The number of carboxylic acid groups (broad SMARTS) is 1. The quantitative estimate of drug-likeness (QED) is 0.675. The number of para-hydroxylation sites is 1. The molecule has 0 unspecified atom stereocenters. The number of ether oxygens (including phenoxy) is 1. The average Bonchev–Trinajstić information content (AvgIpc) is 2.33. The van der Waals surface area contributed by atoms with Gasteiger partial charge in [0.25, 0.3) is 0 Å². The molecule has 0 heterocycles. The fourth-order valence-corrected chi connectivity index (χ4v) is 1.19. The number of alkyl halides is 3. The van der Waals surface area contributed by atoms with E-state index in [-0.39, 0.29) is 11.3 Å². The molecule has 0 aliphatic carbocycles. The summed E-state index contributed by atoms with van der Waals surface area (Å²) in [5.74, 6) is -1.61. The van der Waals surface area contributed by atoms with Crippen LogP contribution in [0.15, 0.2) is 29.8 Å². The maximum Gasteiger partial charge on any atom is 0.422 e. The molecule has 100 valence electrons. The lowest BCUT2D eigenvalue weighted by Gasteiger charge is -2.11. The molecule has 0 aromatic heterocycles. The van der Waals surface area contributed by atoms with Gasteiger partial charge in [-0.15, -0.1) is 0 Å². The van der Waals surface area contributed by atoms with Crippen molar-refractivity contribution in [2.45, 2.75) is 6.18 Å². The van der Waals surface area contributed by atoms with Gasteiger partial charge in [-0.05, 0) is 12.1 Å². The van der Waals surface area contributed by atoms with Crippen molar-refractivity contribution in [2.24, 2.45) is 0 Å². The number of hydrogen-bond donors (Lipinski definition) is 1. The van der Waals surface area contributed by atoms with Crippen LogP contribution in [0.4, 0.5) is 13.2 Å². The van der Waals surface area contributed by atoms with Gasteiger partial charge in [0, 0.05) is 5.56 Å². The average molecular weight is 271 g/mol. The topological polar surface area (TPSA) is 70.3 Å². The SMILES string of the molecule is N#C/C(=C\c1ccccc1OCC(F)(F)F)C(=O)O. The highest BCUT2D eigenvalue weighted by molar-refractivity contribution is 5.96. The molecule has 19 heavy (non-hydrogen) atoms. The molecule has 4 nitrogen and oxygen atoms in total. The molecule has 1 rings (SSSR count). The molecule has 0 bridgehead atoms. The van der Waals surface area contributed by atoms with E-state index in [4.69, 9.17) is 10.4 Å². The summed E-state index contributed by atoms with van der Waals surface area (Å²) in [6, 6.07) is 6.97. The van der Waals surface area contributed by atoms with Gasteiger partial charge < -0.3 is 9.84 Å². The smallest absolute Gasteiger partial charge is 0.422 e. The first kappa shape index (κ1) is 14.6. The van der Waals surface area contributed by atoms with E-state index in [1.54, 1.807) is 0 Å². The van der Waals surface area contributed by atoms with Crippen LogP contribution in [0.3, 0.4) is 0 Å². The first-order valence-corrected chi connectivity index (χ1v) is 4.97. The highest BCUT2D eigenvalue weighted by Crippen LogP contribution is 2.24. The summed E-state index contributed by atoms with van der Waals surface area (Å²) in [5, 5.41) is 17.3. The first-order chi connectivity index (χ1) is 8.83. The maximum absolute atomic E-state index is 12.0. The van der Waals surface area contributed by atoms with Gasteiger partial charge in [0.1, 0.15) is 17.4 Å². The third kappa shape index (κ3) is 4.71. The van der Waals surface area contributed by atoms with Crippen molar-refractivity contribution in [1.82, 2.24) is 0 Å². The third-order valence-corrected chi connectivity index (χ3v) is 1.96. The fourth-order valence-electron chi connectivity index (χ4n) is 1.19. The lowest BCUT2D eigenvalue weighted by atomic mass is 10.1. The fraction of sp³-hybridized carbons (Fsp3) is 0.167. The second kappa shape index (κ2) is 5.91. The summed E-state index contributed by atoms with van der Waals surface area (Å²) in [6.45, 7) is -1.49. The van der Waals surface area contributed by atoms with Crippen LogP contribution in [0.1, 0.15) is 5.56 Å². The number of halogens is 3. The van der Waals surface area contributed by atoms with E-state index in [0.717, 1.165) is 6.08 Å². The van der Waals surface area contributed by atoms with Gasteiger partial charge in [-0.2, -0.15) is 18.4 Å². The Morgan fingerprint density at radius 2 is 2.05 bits per heavy atom. The van der Waals surface area contributed by atoms with Crippen LogP contribution < -0.4 is 4.74 Å². The molecule has 1 aromatic rings. The van der Waals surface area contributed by atoms with E-state index < -0.39 is 24.3 Å². The van der Waals surface area contributed by atoms with Crippen LogP contribution in [-0.4, -0.2) is 23.9 Å². The monoisotopic (exact) mass is 271 g/mol. The minimum absolute atomic E-state index is 0.0886. The molecule has 1 aromatic carbocycles. The summed E-state index contributed by atoms with van der Waals surface area (Å²) >= 11 is 0. The number of nitrogens with zero attached hydrogens (tertiary/aromatic N) is 1. The molecule has 0 saturated heterocycles. The van der Waals surface area contributed by atoms with Crippen molar-refractivity contribution in [2.75, 3.05) is 6.61 Å². The molecule has 0 radical (unpaired) electrons. The largest absolute Gasteiger partial charge is 0.484 e. The van der Waals surface area contributed by atoms with Gasteiger partial charge in [-0.25, -0.2) is 4.79 Å². The van der Waals surface area contributed by atoms with Crippen molar-refractivity contribution < 1.29 is 27.8 Å². The molecule has 0 aliphatic heterocycles. The normalized spacial score (nSPS) is 11.8. The Balaban J connectivity index is 3.03. The van der Waals surface area contributed by atoms with Gasteiger partial charge in [-0.3, -0.25) is 0 Å². The lowest BCUT2D eigenvalue weighted by Crippen LogP contribution is -2.19. The highest BCUT2D eigenvalue weighted by atomic mass is 19.4. The summed E-state index contributed by atoms with van der Waals surface area (Å²) in [4.78, 5) is 10.7. The number of rotatable bonds is 4. The Kier molecular flexibility index (Phi) is 4.53. The lowest BCUT2D eigenvalue weighted by molar-refractivity contribution is -0.153. The zero-order valence-electron chi connectivity index (χ0n) is 9.44. The minimum Gasteiger partial charge on any atom is -0.484 e. The summed E-state index contributed by atoms with van der Waals surface area (Å²) in [7, 11) is 0. The van der Waals surface area contributed by atoms with Gasteiger partial charge in [0.05, 0.1) is 0 Å². The summed E-state index contributed by atoms with van der Waals surface area (Å²) < 4.78 is 40.7. The van der Waals surface area contributed by atoms with Crippen LogP contribution in [0.25, 0.3) is 6.08 Å². The Morgan fingerprint density at radius 1 is 1.42 bits per heavy atom. The van der Waals surface area contributed by atoms with Crippen LogP contribution in [0.5, 0.6) is 5.75 Å². The Morgan fingerprint density at radius 3 is 2.58 bits per heavy atom. The molecular weight excluding hydrogens is 263 g/mol. The molecule has 0 atom stereocenters. The van der Waals surface area contributed by atoms with E-state index in [1.165, 1.54) is 30.3 Å². The third-order valence-electron chi connectivity index (χ3n) is 1.96. The molecule has 0 amide bonds. The van der Waals surface area contributed by atoms with Gasteiger partial charge >= 0.3 is 12.1 Å². The number of benzene rings is 1. The number of carboxylic acids is 1. The standard InChI is InChI=1S/C12H8F3NO3/c13-12(14,15)7-19-10-4-2-1-3-8(10)5-9(6-16)11(17)18/h1-5H,7H2,(H,17,18)/b9-5+. The van der Waals surface area contributed by atoms with Crippen LogP contribution >= 0.6 is 0 Å². The van der Waals surface area contributed by atoms with Crippen LogP contribution in [-0.2, 0) is 4.79 Å². The molecule has 0 saturated carbocycles. The second-order valence-corrected chi connectivity index (χ2v) is 3.42. The van der Waals surface area contributed by atoms with Crippen LogP contribution in [0.2, 0.25) is 0 Å². The molecule has 1 N–H and O–H groups in total. The molecule has 0 spiro atoms. The second-order valence-electron chi connectivity index (χ2n) is 3.42. The van der Waals surface area contributed by atoms with Gasteiger partial charge in [0.15, 0.2) is 6.61 Å². The zero-order chi connectivity index (χ0) is 14.5. The molecule has 7 heteroatoms.